The third-order valence-electron chi connectivity index (χ3n) is 3.36. The number of pyridine rings is 1. The van der Waals surface area contributed by atoms with Gasteiger partial charge in [0.05, 0.1) is 0 Å². The lowest BCUT2D eigenvalue weighted by molar-refractivity contribution is 0.184. The Bertz CT molecular complexity index is 396. The van der Waals surface area contributed by atoms with E-state index in [9.17, 15) is 4.79 Å². The molecule has 5 heteroatoms. The standard InChI is InChI=1S/C14H22N4O/c1-12-5-4-9-18(11-12)10-8-16-14(19)17-13-6-2-3-7-15-13/h2-3,6-7,12H,4-5,8-11H2,1H3,(H2,15,16,17,19). The summed E-state index contributed by atoms with van der Waals surface area (Å²) in [5.41, 5.74) is 0. The van der Waals surface area contributed by atoms with Crippen LogP contribution in [0.25, 0.3) is 0 Å². The molecule has 1 aliphatic heterocycles. The highest BCUT2D eigenvalue weighted by atomic mass is 16.2. The summed E-state index contributed by atoms with van der Waals surface area (Å²) in [5.74, 6) is 1.35. The molecule has 5 nitrogen and oxygen atoms in total. The number of nitrogens with one attached hydrogen (secondary N) is 2. The van der Waals surface area contributed by atoms with Crippen molar-refractivity contribution < 1.29 is 4.79 Å². The van der Waals surface area contributed by atoms with E-state index in [0.29, 0.717) is 12.4 Å². The molecule has 0 saturated carbocycles. The predicted molar refractivity (Wildman–Crippen MR) is 76.1 cm³/mol. The Kier molecular flexibility index (Phi) is 5.15. The predicted octanol–water partition coefficient (Wildman–Crippen LogP) is 1.94. The number of rotatable bonds is 4. The van der Waals surface area contributed by atoms with Crippen molar-refractivity contribution in [1.82, 2.24) is 15.2 Å². The third-order valence-corrected chi connectivity index (χ3v) is 3.36. The van der Waals surface area contributed by atoms with Gasteiger partial charge in [-0.05, 0) is 37.4 Å². The van der Waals surface area contributed by atoms with E-state index in [0.717, 1.165) is 25.6 Å². The van der Waals surface area contributed by atoms with E-state index < -0.39 is 0 Å². The number of carbonyl (C=O) groups excluding carboxylic acids is 1. The molecule has 1 aromatic heterocycles. The van der Waals surface area contributed by atoms with Gasteiger partial charge in [-0.3, -0.25) is 5.32 Å². The summed E-state index contributed by atoms with van der Waals surface area (Å²) in [5, 5.41) is 5.57. The van der Waals surface area contributed by atoms with Crippen molar-refractivity contribution in [2.45, 2.75) is 19.8 Å². The highest BCUT2D eigenvalue weighted by molar-refractivity contribution is 5.88. The van der Waals surface area contributed by atoms with Gasteiger partial charge in [0.1, 0.15) is 5.82 Å². The first-order valence-corrected chi connectivity index (χ1v) is 6.92. The van der Waals surface area contributed by atoms with Crippen LogP contribution in [0.1, 0.15) is 19.8 Å². The summed E-state index contributed by atoms with van der Waals surface area (Å²) in [4.78, 5) is 18.1. The molecule has 0 radical (unpaired) electrons. The monoisotopic (exact) mass is 262 g/mol. The molecule has 0 aromatic carbocycles. The Morgan fingerprint density at radius 1 is 1.53 bits per heavy atom. The van der Waals surface area contributed by atoms with Gasteiger partial charge in [-0.25, -0.2) is 9.78 Å². The van der Waals surface area contributed by atoms with Gasteiger partial charge in [0.15, 0.2) is 0 Å². The van der Waals surface area contributed by atoms with E-state index in [1.807, 2.05) is 12.1 Å². The lowest BCUT2D eigenvalue weighted by Gasteiger charge is -2.30. The first-order valence-electron chi connectivity index (χ1n) is 6.92. The topological polar surface area (TPSA) is 57.3 Å². The van der Waals surface area contributed by atoms with E-state index in [-0.39, 0.29) is 6.03 Å². The summed E-state index contributed by atoms with van der Waals surface area (Å²) < 4.78 is 0. The molecule has 0 spiro atoms. The number of hydrogen-bond acceptors (Lipinski definition) is 3. The Hall–Kier alpha value is -1.62. The van der Waals surface area contributed by atoms with Crippen LogP contribution in [0.3, 0.4) is 0 Å². The van der Waals surface area contributed by atoms with Gasteiger partial charge in [-0.15, -0.1) is 0 Å². The van der Waals surface area contributed by atoms with Crippen molar-refractivity contribution in [3.8, 4) is 0 Å². The van der Waals surface area contributed by atoms with Gasteiger partial charge in [-0.1, -0.05) is 13.0 Å². The van der Waals surface area contributed by atoms with Gasteiger partial charge < -0.3 is 10.2 Å². The Morgan fingerprint density at radius 2 is 2.42 bits per heavy atom. The molecule has 1 unspecified atom stereocenters. The minimum absolute atomic E-state index is 0.191. The summed E-state index contributed by atoms with van der Waals surface area (Å²) in [6.07, 6.45) is 4.25. The molecule has 1 aliphatic rings. The first-order chi connectivity index (χ1) is 9.24. The van der Waals surface area contributed by atoms with Crippen LogP contribution in [-0.2, 0) is 0 Å². The quantitative estimate of drug-likeness (QED) is 0.872. The second-order valence-electron chi connectivity index (χ2n) is 5.14. The average molecular weight is 262 g/mol. The summed E-state index contributed by atoms with van der Waals surface area (Å²) in [6.45, 7) is 6.16. The van der Waals surface area contributed by atoms with Crippen LogP contribution in [0.4, 0.5) is 10.6 Å². The second kappa shape index (κ2) is 7.09. The van der Waals surface area contributed by atoms with E-state index in [2.05, 4.69) is 27.4 Å². The van der Waals surface area contributed by atoms with Crippen molar-refractivity contribution >= 4 is 11.8 Å². The molecule has 2 rings (SSSR count). The molecule has 1 fully saturated rings. The maximum absolute atomic E-state index is 11.6. The summed E-state index contributed by atoms with van der Waals surface area (Å²) in [7, 11) is 0. The molecule has 2 heterocycles. The van der Waals surface area contributed by atoms with Crippen LogP contribution >= 0.6 is 0 Å². The summed E-state index contributed by atoms with van der Waals surface area (Å²) in [6, 6.07) is 5.24. The normalized spacial score (nSPS) is 19.9. The number of likely N-dealkylation sites (tertiary alicyclic amines) is 1. The van der Waals surface area contributed by atoms with Crippen LogP contribution in [0.5, 0.6) is 0 Å². The molecule has 19 heavy (non-hydrogen) atoms. The molecule has 1 saturated heterocycles. The summed E-state index contributed by atoms with van der Waals surface area (Å²) >= 11 is 0. The molecular formula is C14H22N4O. The number of urea groups is 1. The minimum atomic E-state index is -0.191. The number of aromatic nitrogens is 1. The number of piperidine rings is 1. The van der Waals surface area contributed by atoms with Crippen molar-refractivity contribution in [1.29, 1.82) is 0 Å². The zero-order valence-electron chi connectivity index (χ0n) is 11.4. The van der Waals surface area contributed by atoms with Crippen molar-refractivity contribution in [3.63, 3.8) is 0 Å². The number of carbonyl (C=O) groups is 1. The zero-order valence-corrected chi connectivity index (χ0v) is 11.4. The Labute approximate surface area is 114 Å². The highest BCUT2D eigenvalue weighted by Gasteiger charge is 2.15. The van der Waals surface area contributed by atoms with E-state index in [1.165, 1.54) is 12.8 Å². The zero-order chi connectivity index (χ0) is 13.5. The minimum Gasteiger partial charge on any atom is -0.337 e. The molecule has 2 amide bonds. The fraction of sp³-hybridized carbons (Fsp3) is 0.571. The number of hydrogen-bond donors (Lipinski definition) is 2. The molecule has 0 bridgehead atoms. The Morgan fingerprint density at radius 3 is 3.16 bits per heavy atom. The average Bonchev–Trinajstić information content (AvgIpc) is 2.40. The fourth-order valence-electron chi connectivity index (χ4n) is 2.41. The van der Waals surface area contributed by atoms with E-state index in [4.69, 9.17) is 0 Å². The van der Waals surface area contributed by atoms with Crippen molar-refractivity contribution in [3.05, 3.63) is 24.4 Å². The molecular weight excluding hydrogens is 240 g/mol. The molecule has 1 atom stereocenters. The van der Waals surface area contributed by atoms with E-state index in [1.54, 1.807) is 12.3 Å². The van der Waals surface area contributed by atoms with Crippen LogP contribution < -0.4 is 10.6 Å². The fourth-order valence-corrected chi connectivity index (χ4v) is 2.41. The number of anilines is 1. The van der Waals surface area contributed by atoms with Crippen LogP contribution in [0.15, 0.2) is 24.4 Å². The van der Waals surface area contributed by atoms with Crippen LogP contribution in [0.2, 0.25) is 0 Å². The number of amides is 2. The second-order valence-corrected chi connectivity index (χ2v) is 5.14. The number of nitrogens with zero attached hydrogens (tertiary/aromatic N) is 2. The molecule has 2 N–H and O–H groups in total. The highest BCUT2D eigenvalue weighted by Crippen LogP contribution is 2.14. The Balaban J connectivity index is 1.64. The SMILES string of the molecule is CC1CCCN(CCNC(=O)Nc2ccccn2)C1. The maximum Gasteiger partial charge on any atom is 0.320 e. The lowest BCUT2D eigenvalue weighted by atomic mass is 10.0. The van der Waals surface area contributed by atoms with Gasteiger partial charge in [-0.2, -0.15) is 0 Å². The van der Waals surface area contributed by atoms with Crippen LogP contribution in [0, 0.1) is 5.92 Å². The van der Waals surface area contributed by atoms with Gasteiger partial charge in [0, 0.05) is 25.8 Å². The largest absolute Gasteiger partial charge is 0.337 e. The van der Waals surface area contributed by atoms with Gasteiger partial charge in [0.2, 0.25) is 0 Å². The van der Waals surface area contributed by atoms with Crippen LogP contribution in [-0.4, -0.2) is 42.1 Å². The molecule has 1 aromatic rings. The molecule has 0 aliphatic carbocycles. The van der Waals surface area contributed by atoms with Gasteiger partial charge in [0.25, 0.3) is 0 Å². The van der Waals surface area contributed by atoms with E-state index >= 15 is 0 Å². The van der Waals surface area contributed by atoms with Crippen molar-refractivity contribution in [2.75, 3.05) is 31.5 Å². The third kappa shape index (κ3) is 4.87. The lowest BCUT2D eigenvalue weighted by Crippen LogP contribution is -2.41. The first kappa shape index (κ1) is 13.8. The smallest absolute Gasteiger partial charge is 0.320 e. The maximum atomic E-state index is 11.6. The van der Waals surface area contributed by atoms with Crippen molar-refractivity contribution in [2.24, 2.45) is 5.92 Å². The van der Waals surface area contributed by atoms with Gasteiger partial charge >= 0.3 is 6.03 Å². The molecule has 104 valence electrons.